The van der Waals surface area contributed by atoms with Gasteiger partial charge in [-0.15, -0.1) is 0 Å². The molecule has 1 saturated heterocycles. The normalized spacial score (nSPS) is 16.0. The maximum Gasteiger partial charge on any atom is 0.220 e. The third kappa shape index (κ3) is 7.74. The monoisotopic (exact) mass is 190 g/mol. The zero-order chi connectivity index (χ0) is 10.7. The molecule has 1 fully saturated rings. The summed E-state index contributed by atoms with van der Waals surface area (Å²) in [6.45, 7) is 5.38. The number of primary amides is 1. The standard InChI is InChI=1S/C6H11NO2.C2H6.CH5N/c7-6(8)5-1-3-9-4-2-5;2*1-2/h5H,1-4H2,(H2,7,8);1-2H3;2H2,1H3. The topological polar surface area (TPSA) is 78.3 Å². The molecule has 1 rings (SSSR count). The van der Waals surface area contributed by atoms with E-state index >= 15 is 0 Å². The Bertz CT molecular complexity index is 112. The van der Waals surface area contributed by atoms with Gasteiger partial charge in [-0.1, -0.05) is 13.8 Å². The molecule has 1 amide bonds. The van der Waals surface area contributed by atoms with Gasteiger partial charge in [0.25, 0.3) is 0 Å². The second kappa shape index (κ2) is 11.4. The highest BCUT2D eigenvalue weighted by Crippen LogP contribution is 2.12. The van der Waals surface area contributed by atoms with Crippen LogP contribution in [-0.4, -0.2) is 26.2 Å². The first-order valence-corrected chi connectivity index (χ1v) is 4.75. The highest BCUT2D eigenvalue weighted by molar-refractivity contribution is 5.76. The van der Waals surface area contributed by atoms with Gasteiger partial charge in [-0.25, -0.2) is 0 Å². The van der Waals surface area contributed by atoms with Gasteiger partial charge in [0.1, 0.15) is 0 Å². The van der Waals surface area contributed by atoms with Crippen LogP contribution in [0.15, 0.2) is 0 Å². The van der Waals surface area contributed by atoms with Gasteiger partial charge in [-0.05, 0) is 19.9 Å². The lowest BCUT2D eigenvalue weighted by atomic mass is 10.0. The Morgan fingerprint density at radius 3 is 1.85 bits per heavy atom. The molecule has 4 N–H and O–H groups in total. The molecule has 0 bridgehead atoms. The van der Waals surface area contributed by atoms with Crippen LogP contribution in [0.4, 0.5) is 0 Å². The summed E-state index contributed by atoms with van der Waals surface area (Å²) in [5.41, 5.74) is 9.57. The predicted octanol–water partition coefficient (Wildman–Crippen LogP) is 0.499. The molecule has 0 saturated carbocycles. The molecule has 1 aliphatic rings. The lowest BCUT2D eigenvalue weighted by Gasteiger charge is -2.18. The average molecular weight is 190 g/mol. The van der Waals surface area contributed by atoms with E-state index in [4.69, 9.17) is 10.5 Å². The molecule has 0 aromatic carbocycles. The van der Waals surface area contributed by atoms with Crippen LogP contribution in [0, 0.1) is 5.92 Å². The lowest BCUT2D eigenvalue weighted by molar-refractivity contribution is -0.124. The first-order chi connectivity index (χ1) is 6.30. The van der Waals surface area contributed by atoms with Crippen molar-refractivity contribution in [1.82, 2.24) is 0 Å². The van der Waals surface area contributed by atoms with Crippen molar-refractivity contribution in [2.75, 3.05) is 20.3 Å². The van der Waals surface area contributed by atoms with Gasteiger partial charge < -0.3 is 16.2 Å². The van der Waals surface area contributed by atoms with E-state index in [2.05, 4.69) is 5.73 Å². The van der Waals surface area contributed by atoms with Crippen LogP contribution >= 0.6 is 0 Å². The first-order valence-electron chi connectivity index (χ1n) is 4.75. The first kappa shape index (κ1) is 14.9. The summed E-state index contributed by atoms with van der Waals surface area (Å²) in [5, 5.41) is 0. The summed E-state index contributed by atoms with van der Waals surface area (Å²) in [6, 6.07) is 0. The third-order valence-electron chi connectivity index (χ3n) is 1.62. The Kier molecular flexibility index (Phi) is 13.0. The Labute approximate surface area is 80.6 Å². The predicted molar refractivity (Wildman–Crippen MR) is 54.2 cm³/mol. The quantitative estimate of drug-likeness (QED) is 0.632. The smallest absolute Gasteiger partial charge is 0.220 e. The van der Waals surface area contributed by atoms with Crippen LogP contribution in [0.5, 0.6) is 0 Å². The molecule has 0 unspecified atom stereocenters. The number of carbonyl (C=O) groups is 1. The van der Waals surface area contributed by atoms with E-state index in [0.29, 0.717) is 13.2 Å². The fraction of sp³-hybridized carbons (Fsp3) is 0.889. The number of hydrogen-bond acceptors (Lipinski definition) is 3. The van der Waals surface area contributed by atoms with Gasteiger partial charge in [-0.2, -0.15) is 0 Å². The van der Waals surface area contributed by atoms with Crippen molar-refractivity contribution in [3.8, 4) is 0 Å². The molecule has 4 nitrogen and oxygen atoms in total. The maximum atomic E-state index is 10.5. The largest absolute Gasteiger partial charge is 0.381 e. The highest BCUT2D eigenvalue weighted by atomic mass is 16.5. The van der Waals surface area contributed by atoms with Crippen LogP contribution in [0.1, 0.15) is 26.7 Å². The molecular weight excluding hydrogens is 168 g/mol. The molecule has 0 aromatic rings. The number of rotatable bonds is 1. The number of amides is 1. The summed E-state index contributed by atoms with van der Waals surface area (Å²) in [5.74, 6) is -0.114. The maximum absolute atomic E-state index is 10.5. The minimum atomic E-state index is -0.182. The van der Waals surface area contributed by atoms with Gasteiger partial charge in [0, 0.05) is 19.1 Å². The fourth-order valence-electron chi connectivity index (χ4n) is 0.982. The second-order valence-electron chi connectivity index (χ2n) is 2.29. The molecule has 13 heavy (non-hydrogen) atoms. The van der Waals surface area contributed by atoms with Crippen LogP contribution in [0.2, 0.25) is 0 Å². The molecule has 0 spiro atoms. The molecule has 1 heterocycles. The Morgan fingerprint density at radius 2 is 1.62 bits per heavy atom. The van der Waals surface area contributed by atoms with Crippen molar-refractivity contribution in [3.05, 3.63) is 0 Å². The molecular formula is C9H22N2O2. The Morgan fingerprint density at radius 1 is 1.23 bits per heavy atom. The minimum Gasteiger partial charge on any atom is -0.381 e. The number of nitrogens with two attached hydrogens (primary N) is 2. The van der Waals surface area contributed by atoms with Crippen LogP contribution in [0.3, 0.4) is 0 Å². The number of ether oxygens (including phenoxy) is 1. The number of hydrogen-bond donors (Lipinski definition) is 2. The van der Waals surface area contributed by atoms with E-state index in [1.54, 1.807) is 0 Å². The van der Waals surface area contributed by atoms with E-state index in [-0.39, 0.29) is 11.8 Å². The van der Waals surface area contributed by atoms with Crippen LogP contribution in [-0.2, 0) is 9.53 Å². The fourth-order valence-corrected chi connectivity index (χ4v) is 0.982. The van der Waals surface area contributed by atoms with E-state index in [1.165, 1.54) is 7.05 Å². The third-order valence-corrected chi connectivity index (χ3v) is 1.62. The molecule has 1 aliphatic heterocycles. The lowest BCUT2D eigenvalue weighted by Crippen LogP contribution is -2.28. The second-order valence-corrected chi connectivity index (χ2v) is 2.29. The average Bonchev–Trinajstić information content (AvgIpc) is 2.25. The summed E-state index contributed by atoms with van der Waals surface area (Å²) in [6.07, 6.45) is 1.60. The van der Waals surface area contributed by atoms with Crippen molar-refractivity contribution in [3.63, 3.8) is 0 Å². The van der Waals surface area contributed by atoms with Gasteiger partial charge in [-0.3, -0.25) is 4.79 Å². The minimum absolute atomic E-state index is 0.0683. The van der Waals surface area contributed by atoms with E-state index in [9.17, 15) is 4.79 Å². The van der Waals surface area contributed by atoms with Gasteiger partial charge in [0.2, 0.25) is 5.91 Å². The van der Waals surface area contributed by atoms with Crippen molar-refractivity contribution >= 4 is 5.91 Å². The molecule has 0 atom stereocenters. The van der Waals surface area contributed by atoms with E-state index in [1.807, 2.05) is 13.8 Å². The SMILES string of the molecule is CC.CN.NC(=O)C1CCOCC1. The number of carbonyl (C=O) groups excluding carboxylic acids is 1. The molecule has 0 aliphatic carbocycles. The van der Waals surface area contributed by atoms with Crippen molar-refractivity contribution in [2.24, 2.45) is 17.4 Å². The van der Waals surface area contributed by atoms with E-state index < -0.39 is 0 Å². The zero-order valence-corrected chi connectivity index (χ0v) is 8.88. The Hall–Kier alpha value is -0.610. The van der Waals surface area contributed by atoms with Gasteiger partial charge in [0.15, 0.2) is 0 Å². The summed E-state index contributed by atoms with van der Waals surface area (Å²) >= 11 is 0. The molecule has 4 heteroatoms. The molecule has 0 aromatic heterocycles. The van der Waals surface area contributed by atoms with Gasteiger partial charge in [0.05, 0.1) is 0 Å². The van der Waals surface area contributed by atoms with Gasteiger partial charge >= 0.3 is 0 Å². The van der Waals surface area contributed by atoms with Crippen LogP contribution in [0.25, 0.3) is 0 Å². The van der Waals surface area contributed by atoms with Crippen molar-refractivity contribution < 1.29 is 9.53 Å². The van der Waals surface area contributed by atoms with Crippen molar-refractivity contribution in [2.45, 2.75) is 26.7 Å². The molecule has 0 radical (unpaired) electrons. The molecule has 80 valence electrons. The summed E-state index contributed by atoms with van der Waals surface area (Å²) in [4.78, 5) is 10.5. The van der Waals surface area contributed by atoms with Crippen LogP contribution < -0.4 is 11.5 Å². The Balaban J connectivity index is 0. The zero-order valence-electron chi connectivity index (χ0n) is 8.88. The summed E-state index contributed by atoms with van der Waals surface area (Å²) < 4.78 is 5.04. The summed E-state index contributed by atoms with van der Waals surface area (Å²) in [7, 11) is 1.50. The highest BCUT2D eigenvalue weighted by Gasteiger charge is 2.17. The van der Waals surface area contributed by atoms with E-state index in [0.717, 1.165) is 12.8 Å². The van der Waals surface area contributed by atoms with Crippen molar-refractivity contribution in [1.29, 1.82) is 0 Å².